The first-order valence-corrected chi connectivity index (χ1v) is 6.14. The minimum absolute atomic E-state index is 0.203. The van der Waals surface area contributed by atoms with Gasteiger partial charge in [0.15, 0.2) is 0 Å². The Labute approximate surface area is 116 Å². The van der Waals surface area contributed by atoms with Crippen LogP contribution in [0.4, 0.5) is 10.2 Å². The molecular formula is C14H15FN4O. The summed E-state index contributed by atoms with van der Waals surface area (Å²) in [7, 11) is 0. The van der Waals surface area contributed by atoms with Crippen molar-refractivity contribution in [1.29, 1.82) is 0 Å². The van der Waals surface area contributed by atoms with E-state index in [1.807, 2.05) is 0 Å². The van der Waals surface area contributed by atoms with Gasteiger partial charge >= 0.3 is 0 Å². The molecule has 2 rings (SSSR count). The number of nitrogen functional groups attached to an aromatic ring is 1. The first kappa shape index (κ1) is 14.0. The van der Waals surface area contributed by atoms with Gasteiger partial charge in [-0.1, -0.05) is 12.1 Å². The van der Waals surface area contributed by atoms with Gasteiger partial charge in [0.2, 0.25) is 0 Å². The van der Waals surface area contributed by atoms with Gasteiger partial charge in [0.05, 0.1) is 0 Å². The monoisotopic (exact) mass is 274 g/mol. The first-order valence-electron chi connectivity index (χ1n) is 6.14. The molecule has 0 aliphatic carbocycles. The number of halogens is 1. The molecule has 1 heterocycles. The van der Waals surface area contributed by atoms with Crippen LogP contribution in [0.25, 0.3) is 0 Å². The summed E-state index contributed by atoms with van der Waals surface area (Å²) in [5, 5.41) is 2.78. The molecule has 0 radical (unpaired) electrons. The SMILES string of the molecule is NNc1cc(C(=O)NCCc2ccc(F)cc2)ccn1. The smallest absolute Gasteiger partial charge is 0.251 e. The minimum atomic E-state index is -0.267. The van der Waals surface area contributed by atoms with Crippen molar-refractivity contribution in [3.05, 3.63) is 59.5 Å². The average Bonchev–Trinajstić information content (AvgIpc) is 2.49. The number of hydrazine groups is 1. The Balaban J connectivity index is 1.87. The second kappa shape index (κ2) is 6.63. The van der Waals surface area contributed by atoms with Crippen LogP contribution in [0, 0.1) is 5.82 Å². The highest BCUT2D eigenvalue weighted by Crippen LogP contribution is 2.06. The Kier molecular flexibility index (Phi) is 4.62. The zero-order valence-corrected chi connectivity index (χ0v) is 10.8. The zero-order valence-electron chi connectivity index (χ0n) is 10.8. The van der Waals surface area contributed by atoms with E-state index in [4.69, 9.17) is 5.84 Å². The number of amides is 1. The predicted octanol–water partition coefficient (Wildman–Crippen LogP) is 1.48. The molecule has 4 N–H and O–H groups in total. The Hall–Kier alpha value is -2.47. The van der Waals surface area contributed by atoms with Crippen molar-refractivity contribution in [3.63, 3.8) is 0 Å². The zero-order chi connectivity index (χ0) is 14.4. The number of hydrogen-bond acceptors (Lipinski definition) is 4. The van der Waals surface area contributed by atoms with Gasteiger partial charge < -0.3 is 10.7 Å². The van der Waals surface area contributed by atoms with Gasteiger partial charge in [-0.05, 0) is 36.2 Å². The molecule has 2 aromatic rings. The summed E-state index contributed by atoms with van der Waals surface area (Å²) in [6.45, 7) is 0.470. The number of rotatable bonds is 5. The van der Waals surface area contributed by atoms with Gasteiger partial charge in [-0.15, -0.1) is 0 Å². The van der Waals surface area contributed by atoms with E-state index < -0.39 is 0 Å². The molecule has 104 valence electrons. The summed E-state index contributed by atoms with van der Waals surface area (Å²) in [4.78, 5) is 15.8. The lowest BCUT2D eigenvalue weighted by Crippen LogP contribution is -2.26. The third-order valence-corrected chi connectivity index (χ3v) is 2.78. The normalized spacial score (nSPS) is 10.1. The summed E-state index contributed by atoms with van der Waals surface area (Å²) in [6, 6.07) is 9.37. The molecule has 1 aromatic carbocycles. The van der Waals surface area contributed by atoms with Crippen molar-refractivity contribution in [1.82, 2.24) is 10.3 Å². The quantitative estimate of drug-likeness (QED) is 0.570. The summed E-state index contributed by atoms with van der Waals surface area (Å²) in [5.74, 6) is 5.19. The molecular weight excluding hydrogens is 259 g/mol. The largest absolute Gasteiger partial charge is 0.352 e. The molecule has 0 aliphatic rings. The number of anilines is 1. The molecule has 0 spiro atoms. The topological polar surface area (TPSA) is 80.0 Å². The van der Waals surface area contributed by atoms with Crippen LogP contribution < -0.4 is 16.6 Å². The molecule has 1 aromatic heterocycles. The molecule has 0 bridgehead atoms. The van der Waals surface area contributed by atoms with Crippen LogP contribution in [0.1, 0.15) is 15.9 Å². The van der Waals surface area contributed by atoms with Crippen molar-refractivity contribution in [2.75, 3.05) is 12.0 Å². The molecule has 6 heteroatoms. The molecule has 1 amide bonds. The van der Waals surface area contributed by atoms with Gasteiger partial charge in [-0.2, -0.15) is 0 Å². The Bertz CT molecular complexity index is 586. The van der Waals surface area contributed by atoms with E-state index in [0.717, 1.165) is 5.56 Å². The second-order valence-electron chi connectivity index (χ2n) is 4.21. The van der Waals surface area contributed by atoms with Crippen molar-refractivity contribution < 1.29 is 9.18 Å². The van der Waals surface area contributed by atoms with Crippen molar-refractivity contribution in [2.24, 2.45) is 5.84 Å². The van der Waals surface area contributed by atoms with Gasteiger partial charge in [0.25, 0.3) is 5.91 Å². The molecule has 0 saturated heterocycles. The molecule has 20 heavy (non-hydrogen) atoms. The fourth-order valence-electron chi connectivity index (χ4n) is 1.72. The van der Waals surface area contributed by atoms with Crippen LogP contribution >= 0.6 is 0 Å². The number of carbonyl (C=O) groups excluding carboxylic acids is 1. The first-order chi connectivity index (χ1) is 9.69. The summed E-state index contributed by atoms with van der Waals surface area (Å²) in [6.07, 6.45) is 2.14. The predicted molar refractivity (Wildman–Crippen MR) is 74.5 cm³/mol. The number of nitrogens with zero attached hydrogens (tertiary/aromatic N) is 1. The standard InChI is InChI=1S/C14H15FN4O/c15-12-3-1-10(2-4-12)5-7-18-14(20)11-6-8-17-13(9-11)19-16/h1-4,6,8-9H,5,7,16H2,(H,17,19)(H,18,20). The Morgan fingerprint density at radius 1 is 1.25 bits per heavy atom. The van der Waals surface area contributed by atoms with E-state index in [-0.39, 0.29) is 11.7 Å². The van der Waals surface area contributed by atoms with Crippen LogP contribution in [0.2, 0.25) is 0 Å². The molecule has 0 unspecified atom stereocenters. The summed E-state index contributed by atoms with van der Waals surface area (Å²) in [5.41, 5.74) is 3.83. The van der Waals surface area contributed by atoms with Crippen LogP contribution in [-0.2, 0) is 6.42 Å². The fourth-order valence-corrected chi connectivity index (χ4v) is 1.72. The highest BCUT2D eigenvalue weighted by atomic mass is 19.1. The Morgan fingerprint density at radius 3 is 2.70 bits per heavy atom. The number of aromatic nitrogens is 1. The van der Waals surface area contributed by atoms with E-state index in [1.165, 1.54) is 18.3 Å². The van der Waals surface area contributed by atoms with Gasteiger partial charge in [0, 0.05) is 18.3 Å². The maximum atomic E-state index is 12.7. The van der Waals surface area contributed by atoms with Gasteiger partial charge in [-0.25, -0.2) is 15.2 Å². The van der Waals surface area contributed by atoms with Crippen LogP contribution in [-0.4, -0.2) is 17.4 Å². The van der Waals surface area contributed by atoms with Crippen molar-refractivity contribution >= 4 is 11.7 Å². The highest BCUT2D eigenvalue weighted by molar-refractivity contribution is 5.94. The fraction of sp³-hybridized carbons (Fsp3) is 0.143. The van der Waals surface area contributed by atoms with E-state index in [9.17, 15) is 9.18 Å². The summed E-state index contributed by atoms with van der Waals surface area (Å²) < 4.78 is 12.7. The lowest BCUT2D eigenvalue weighted by atomic mass is 10.1. The van der Waals surface area contributed by atoms with Gasteiger partial charge in [-0.3, -0.25) is 4.79 Å². The molecule has 0 saturated carbocycles. The molecule has 0 fully saturated rings. The van der Waals surface area contributed by atoms with Crippen molar-refractivity contribution in [3.8, 4) is 0 Å². The van der Waals surface area contributed by atoms with Crippen molar-refractivity contribution in [2.45, 2.75) is 6.42 Å². The van der Waals surface area contributed by atoms with E-state index in [1.54, 1.807) is 24.3 Å². The lowest BCUT2D eigenvalue weighted by Gasteiger charge is -2.06. The van der Waals surface area contributed by atoms with Gasteiger partial charge in [0.1, 0.15) is 11.6 Å². The third-order valence-electron chi connectivity index (χ3n) is 2.78. The van der Waals surface area contributed by atoms with Crippen LogP contribution in [0.5, 0.6) is 0 Å². The third kappa shape index (κ3) is 3.76. The van der Waals surface area contributed by atoms with Crippen LogP contribution in [0.3, 0.4) is 0 Å². The summed E-state index contributed by atoms with van der Waals surface area (Å²) >= 11 is 0. The second-order valence-corrected chi connectivity index (χ2v) is 4.21. The number of carbonyl (C=O) groups is 1. The molecule has 0 atom stereocenters. The van der Waals surface area contributed by atoms with E-state index >= 15 is 0 Å². The van der Waals surface area contributed by atoms with Crippen LogP contribution in [0.15, 0.2) is 42.6 Å². The Morgan fingerprint density at radius 2 is 2.00 bits per heavy atom. The number of nitrogens with two attached hydrogens (primary N) is 1. The average molecular weight is 274 g/mol. The number of nitrogens with one attached hydrogen (secondary N) is 2. The number of benzene rings is 1. The number of hydrogen-bond donors (Lipinski definition) is 3. The van der Waals surface area contributed by atoms with E-state index in [0.29, 0.717) is 24.3 Å². The maximum Gasteiger partial charge on any atom is 0.251 e. The maximum absolute atomic E-state index is 12.7. The minimum Gasteiger partial charge on any atom is -0.352 e. The van der Waals surface area contributed by atoms with E-state index in [2.05, 4.69) is 15.7 Å². The highest BCUT2D eigenvalue weighted by Gasteiger charge is 2.06. The lowest BCUT2D eigenvalue weighted by molar-refractivity contribution is 0.0954. The molecule has 5 nitrogen and oxygen atoms in total. The number of pyridine rings is 1. The molecule has 0 aliphatic heterocycles.